The molecule has 0 atom stereocenters. The molecule has 0 spiro atoms. The van der Waals surface area contributed by atoms with Crippen LogP contribution in [0, 0.1) is 5.82 Å². The van der Waals surface area contributed by atoms with E-state index in [9.17, 15) is 9.18 Å². The van der Waals surface area contributed by atoms with Crippen LogP contribution in [-0.4, -0.2) is 5.91 Å². The van der Waals surface area contributed by atoms with E-state index in [4.69, 9.17) is 4.74 Å². The van der Waals surface area contributed by atoms with E-state index in [0.717, 1.165) is 16.8 Å². The molecule has 3 aromatic carbocycles. The molecule has 1 aliphatic heterocycles. The van der Waals surface area contributed by atoms with Crippen molar-refractivity contribution in [3.05, 3.63) is 93.7 Å². The van der Waals surface area contributed by atoms with E-state index in [1.165, 1.54) is 6.07 Å². The molecule has 0 aromatic heterocycles. The standard InChI is InChI=1S/C22H15BrFNO2/c23-16-9-8-15(20(24)12-16)13-27-17-5-3-4-14(10-17)11-19-18-6-1-2-7-21(18)25-22(19)26/h1-12H,13H2,(H,25,26)/b19-11-. The maximum atomic E-state index is 13.9. The zero-order valence-corrected chi connectivity index (χ0v) is 15.8. The van der Waals surface area contributed by atoms with Gasteiger partial charge in [0.05, 0.1) is 0 Å². The molecule has 1 aliphatic rings. The molecule has 1 N–H and O–H groups in total. The fraction of sp³-hybridized carbons (Fsp3) is 0.0455. The smallest absolute Gasteiger partial charge is 0.256 e. The molecule has 134 valence electrons. The lowest BCUT2D eigenvalue weighted by Crippen LogP contribution is -2.03. The van der Waals surface area contributed by atoms with Crippen LogP contribution in [0.2, 0.25) is 0 Å². The third-order valence-corrected chi connectivity index (χ3v) is 4.78. The molecule has 27 heavy (non-hydrogen) atoms. The quantitative estimate of drug-likeness (QED) is 0.549. The summed E-state index contributed by atoms with van der Waals surface area (Å²) in [5, 5.41) is 2.86. The first-order chi connectivity index (χ1) is 13.1. The van der Waals surface area contributed by atoms with Crippen molar-refractivity contribution >= 4 is 39.2 Å². The summed E-state index contributed by atoms with van der Waals surface area (Å²) in [7, 11) is 0. The van der Waals surface area contributed by atoms with Crippen molar-refractivity contribution < 1.29 is 13.9 Å². The second-order valence-electron chi connectivity index (χ2n) is 6.15. The number of anilines is 1. The lowest BCUT2D eigenvalue weighted by Gasteiger charge is -2.08. The van der Waals surface area contributed by atoms with Crippen molar-refractivity contribution in [2.45, 2.75) is 6.61 Å². The first kappa shape index (κ1) is 17.5. The number of carbonyl (C=O) groups is 1. The SMILES string of the molecule is O=C1Nc2ccccc2/C1=C/c1cccc(OCc2ccc(Br)cc2F)c1. The summed E-state index contributed by atoms with van der Waals surface area (Å²) >= 11 is 3.24. The van der Waals surface area contributed by atoms with Gasteiger partial charge in [-0.25, -0.2) is 4.39 Å². The van der Waals surface area contributed by atoms with E-state index in [-0.39, 0.29) is 18.3 Å². The Morgan fingerprint density at radius 2 is 1.89 bits per heavy atom. The van der Waals surface area contributed by atoms with Crippen LogP contribution in [0.4, 0.5) is 10.1 Å². The van der Waals surface area contributed by atoms with E-state index >= 15 is 0 Å². The van der Waals surface area contributed by atoms with Crippen LogP contribution in [0.5, 0.6) is 5.75 Å². The Kier molecular flexibility index (Phi) is 4.77. The van der Waals surface area contributed by atoms with Gasteiger partial charge in [-0.15, -0.1) is 0 Å². The Morgan fingerprint density at radius 1 is 1.04 bits per heavy atom. The van der Waals surface area contributed by atoms with Crippen molar-refractivity contribution in [1.29, 1.82) is 0 Å². The van der Waals surface area contributed by atoms with Crippen molar-refractivity contribution in [3.8, 4) is 5.75 Å². The van der Waals surface area contributed by atoms with Gasteiger partial charge >= 0.3 is 0 Å². The second kappa shape index (κ2) is 7.37. The minimum atomic E-state index is -0.318. The number of carbonyl (C=O) groups excluding carboxylic acids is 1. The molecular weight excluding hydrogens is 409 g/mol. The Hall–Kier alpha value is -2.92. The number of fused-ring (bicyclic) bond motifs is 1. The molecule has 0 saturated heterocycles. The van der Waals surface area contributed by atoms with Crippen LogP contribution in [0.3, 0.4) is 0 Å². The summed E-state index contributed by atoms with van der Waals surface area (Å²) in [6.07, 6.45) is 1.83. The number of benzene rings is 3. The number of halogens is 2. The van der Waals surface area contributed by atoms with Crippen molar-refractivity contribution in [2.24, 2.45) is 0 Å². The highest BCUT2D eigenvalue weighted by molar-refractivity contribution is 9.10. The second-order valence-corrected chi connectivity index (χ2v) is 7.07. The van der Waals surface area contributed by atoms with E-state index in [2.05, 4.69) is 21.2 Å². The van der Waals surface area contributed by atoms with Crippen LogP contribution in [0.25, 0.3) is 11.6 Å². The lowest BCUT2D eigenvalue weighted by atomic mass is 10.0. The van der Waals surface area contributed by atoms with Crippen LogP contribution in [0.15, 0.2) is 71.2 Å². The van der Waals surface area contributed by atoms with E-state index < -0.39 is 0 Å². The molecule has 0 saturated carbocycles. The van der Waals surface area contributed by atoms with Crippen molar-refractivity contribution in [1.82, 2.24) is 0 Å². The number of nitrogens with one attached hydrogen (secondary N) is 1. The Morgan fingerprint density at radius 3 is 2.74 bits per heavy atom. The highest BCUT2D eigenvalue weighted by Gasteiger charge is 2.23. The van der Waals surface area contributed by atoms with Crippen molar-refractivity contribution in [3.63, 3.8) is 0 Å². The molecule has 4 rings (SSSR count). The number of hydrogen-bond donors (Lipinski definition) is 1. The van der Waals surface area contributed by atoms with Gasteiger partial charge in [0.25, 0.3) is 5.91 Å². The van der Waals surface area contributed by atoms with Crippen LogP contribution in [-0.2, 0) is 11.4 Å². The summed E-state index contributed by atoms with van der Waals surface area (Å²) in [6.45, 7) is 0.127. The normalized spacial score (nSPS) is 14.1. The zero-order valence-electron chi connectivity index (χ0n) is 14.2. The summed E-state index contributed by atoms with van der Waals surface area (Å²) in [4.78, 5) is 12.2. The van der Waals surface area contributed by atoms with Gasteiger partial charge in [0.2, 0.25) is 0 Å². The molecule has 0 bridgehead atoms. The first-order valence-corrected chi connectivity index (χ1v) is 9.19. The van der Waals surface area contributed by atoms with Crippen LogP contribution in [0.1, 0.15) is 16.7 Å². The Balaban J connectivity index is 1.55. The Labute approximate surface area is 164 Å². The summed E-state index contributed by atoms with van der Waals surface area (Å²) < 4.78 is 20.3. The molecule has 0 aliphatic carbocycles. The zero-order chi connectivity index (χ0) is 18.8. The highest BCUT2D eigenvalue weighted by atomic mass is 79.9. The molecule has 0 fully saturated rings. The van der Waals surface area contributed by atoms with Crippen LogP contribution < -0.4 is 10.1 Å². The fourth-order valence-electron chi connectivity index (χ4n) is 2.94. The van der Waals surface area contributed by atoms with E-state index in [1.54, 1.807) is 18.2 Å². The predicted molar refractivity (Wildman–Crippen MR) is 108 cm³/mol. The number of para-hydroxylation sites is 1. The number of ether oxygens (including phenoxy) is 1. The number of amides is 1. The summed E-state index contributed by atoms with van der Waals surface area (Å²) in [5.41, 5.74) is 3.62. The molecular formula is C22H15BrFNO2. The number of rotatable bonds is 4. The lowest BCUT2D eigenvalue weighted by molar-refractivity contribution is -0.110. The molecule has 5 heteroatoms. The third kappa shape index (κ3) is 3.78. The molecule has 0 radical (unpaired) electrons. The van der Waals surface area contributed by atoms with Gasteiger partial charge in [-0.3, -0.25) is 4.79 Å². The molecule has 3 nitrogen and oxygen atoms in total. The molecule has 1 amide bonds. The largest absolute Gasteiger partial charge is 0.489 e. The van der Waals surface area contributed by atoms with Gasteiger partial charge in [0, 0.05) is 26.9 Å². The van der Waals surface area contributed by atoms with Gasteiger partial charge in [-0.2, -0.15) is 0 Å². The van der Waals surface area contributed by atoms with Gasteiger partial charge in [-0.05, 0) is 42.0 Å². The summed E-state index contributed by atoms with van der Waals surface area (Å²) in [6, 6.07) is 19.8. The highest BCUT2D eigenvalue weighted by Crippen LogP contribution is 2.33. The molecule has 1 heterocycles. The maximum Gasteiger partial charge on any atom is 0.256 e. The first-order valence-electron chi connectivity index (χ1n) is 8.39. The van der Waals surface area contributed by atoms with Gasteiger partial charge in [-0.1, -0.05) is 52.3 Å². The van der Waals surface area contributed by atoms with Gasteiger partial charge < -0.3 is 10.1 Å². The third-order valence-electron chi connectivity index (χ3n) is 4.29. The molecule has 3 aromatic rings. The van der Waals surface area contributed by atoms with E-state index in [1.807, 2.05) is 48.5 Å². The fourth-order valence-corrected chi connectivity index (χ4v) is 3.28. The number of hydrogen-bond acceptors (Lipinski definition) is 2. The van der Waals surface area contributed by atoms with Crippen molar-refractivity contribution in [2.75, 3.05) is 5.32 Å². The molecule has 0 unspecified atom stereocenters. The Bertz CT molecular complexity index is 1060. The van der Waals surface area contributed by atoms with Gasteiger partial charge in [0.1, 0.15) is 18.2 Å². The monoisotopic (exact) mass is 423 g/mol. The van der Waals surface area contributed by atoms with Gasteiger partial charge in [0.15, 0.2) is 0 Å². The predicted octanol–water partition coefficient (Wildman–Crippen LogP) is 5.66. The summed E-state index contributed by atoms with van der Waals surface area (Å²) in [5.74, 6) is 0.166. The average Bonchev–Trinajstić information content (AvgIpc) is 2.97. The minimum Gasteiger partial charge on any atom is -0.489 e. The average molecular weight is 424 g/mol. The maximum absolute atomic E-state index is 13.9. The minimum absolute atomic E-state index is 0.126. The topological polar surface area (TPSA) is 38.3 Å². The van der Waals surface area contributed by atoms with Crippen LogP contribution >= 0.6 is 15.9 Å². The van der Waals surface area contributed by atoms with E-state index in [0.29, 0.717) is 21.4 Å².